The van der Waals surface area contributed by atoms with Crippen molar-refractivity contribution in [2.24, 2.45) is 0 Å². The summed E-state index contributed by atoms with van der Waals surface area (Å²) in [5.41, 5.74) is 6.25. The van der Waals surface area contributed by atoms with E-state index in [1.54, 1.807) is 6.07 Å². The molecule has 1 aromatic heterocycles. The van der Waals surface area contributed by atoms with Gasteiger partial charge in [0.05, 0.1) is 10.8 Å². The molecule has 0 saturated carbocycles. The van der Waals surface area contributed by atoms with E-state index >= 15 is 0 Å². The minimum absolute atomic E-state index is 0.0228. The molecule has 0 saturated heterocycles. The monoisotopic (exact) mass is 405 g/mol. The quantitative estimate of drug-likeness (QED) is 0.508. The molecule has 2 aromatic carbocycles. The van der Waals surface area contributed by atoms with Crippen LogP contribution in [-0.2, 0) is 4.79 Å². The number of hydrogen-bond acceptors (Lipinski definition) is 7. The topological polar surface area (TPSA) is 103 Å². The van der Waals surface area contributed by atoms with Crippen LogP contribution >= 0.6 is 23.4 Å². The number of nitrogens with zero attached hydrogens (tertiary/aromatic N) is 1. The summed E-state index contributed by atoms with van der Waals surface area (Å²) < 4.78 is 15.9. The Balaban J connectivity index is 1.31. The summed E-state index contributed by atoms with van der Waals surface area (Å²) in [4.78, 5) is 28.4. The van der Waals surface area contributed by atoms with Crippen LogP contribution in [0.5, 0.6) is 11.5 Å². The first-order valence-electron chi connectivity index (χ1n) is 7.77. The summed E-state index contributed by atoms with van der Waals surface area (Å²) in [6.07, 6.45) is 0. The second kappa shape index (κ2) is 7.37. The van der Waals surface area contributed by atoms with E-state index in [-0.39, 0.29) is 23.1 Å². The summed E-state index contributed by atoms with van der Waals surface area (Å²) in [5.74, 6) is -0.148. The zero-order valence-corrected chi connectivity index (χ0v) is 15.2. The Bertz CT molecular complexity index is 1010. The van der Waals surface area contributed by atoms with E-state index in [1.165, 1.54) is 12.1 Å². The first-order valence-corrected chi connectivity index (χ1v) is 9.13. The van der Waals surface area contributed by atoms with E-state index in [1.807, 2.05) is 18.2 Å². The van der Waals surface area contributed by atoms with Crippen molar-refractivity contribution in [2.75, 3.05) is 12.5 Å². The van der Waals surface area contributed by atoms with Gasteiger partial charge in [0.1, 0.15) is 5.52 Å². The van der Waals surface area contributed by atoms with Crippen molar-refractivity contribution in [1.82, 2.24) is 15.8 Å². The SMILES string of the molecule is O=C(CSc1nc2ccccc2o1)NNC(=O)c1cc(Cl)c2c(c1)OCO2. The number of carbonyl (C=O) groups is 2. The molecule has 1 aliphatic rings. The molecule has 0 fully saturated rings. The Kier molecular flexibility index (Phi) is 4.78. The molecule has 27 heavy (non-hydrogen) atoms. The van der Waals surface area contributed by atoms with Crippen molar-refractivity contribution in [3.05, 3.63) is 47.0 Å². The predicted molar refractivity (Wildman–Crippen MR) is 97.9 cm³/mol. The number of fused-ring (bicyclic) bond motifs is 2. The van der Waals surface area contributed by atoms with E-state index in [0.29, 0.717) is 27.8 Å². The van der Waals surface area contributed by atoms with Crippen molar-refractivity contribution in [3.8, 4) is 11.5 Å². The van der Waals surface area contributed by atoms with Crippen LogP contribution < -0.4 is 20.3 Å². The van der Waals surface area contributed by atoms with Crippen LogP contribution in [0.4, 0.5) is 0 Å². The normalized spacial score (nSPS) is 12.2. The highest BCUT2D eigenvalue weighted by atomic mass is 35.5. The average molecular weight is 406 g/mol. The standard InChI is InChI=1S/C17H12ClN3O5S/c18-10-5-9(6-13-15(10)25-8-24-13)16(23)21-20-14(22)7-27-17-19-11-3-1-2-4-12(11)26-17/h1-6H,7-8H2,(H,20,22)(H,21,23). The van der Waals surface area contributed by atoms with Gasteiger partial charge < -0.3 is 13.9 Å². The third-order valence-electron chi connectivity index (χ3n) is 3.61. The number of hydrazine groups is 1. The van der Waals surface area contributed by atoms with Gasteiger partial charge in [0.15, 0.2) is 17.1 Å². The molecular weight excluding hydrogens is 394 g/mol. The number of nitrogens with one attached hydrogen (secondary N) is 2. The summed E-state index contributed by atoms with van der Waals surface area (Å²) in [5, 5.41) is 0.633. The Morgan fingerprint density at radius 2 is 2.04 bits per heavy atom. The maximum absolute atomic E-state index is 12.2. The molecule has 8 nitrogen and oxygen atoms in total. The Morgan fingerprint density at radius 3 is 2.89 bits per heavy atom. The minimum atomic E-state index is -0.532. The van der Waals surface area contributed by atoms with Crippen molar-refractivity contribution >= 4 is 46.3 Å². The van der Waals surface area contributed by atoms with Crippen LogP contribution in [0.3, 0.4) is 0 Å². The molecule has 0 atom stereocenters. The molecule has 0 bridgehead atoms. The zero-order chi connectivity index (χ0) is 18.8. The van der Waals surface area contributed by atoms with Crippen molar-refractivity contribution < 1.29 is 23.5 Å². The van der Waals surface area contributed by atoms with Crippen molar-refractivity contribution in [2.45, 2.75) is 5.22 Å². The maximum atomic E-state index is 12.2. The maximum Gasteiger partial charge on any atom is 0.269 e. The highest BCUT2D eigenvalue weighted by Gasteiger charge is 2.21. The van der Waals surface area contributed by atoms with E-state index in [0.717, 1.165) is 11.8 Å². The number of carbonyl (C=O) groups excluding carboxylic acids is 2. The highest BCUT2D eigenvalue weighted by molar-refractivity contribution is 7.99. The number of para-hydroxylation sites is 2. The molecule has 2 N–H and O–H groups in total. The van der Waals surface area contributed by atoms with E-state index < -0.39 is 11.8 Å². The lowest BCUT2D eigenvalue weighted by molar-refractivity contribution is -0.119. The van der Waals surface area contributed by atoms with Crippen LogP contribution in [0.1, 0.15) is 10.4 Å². The molecule has 138 valence electrons. The number of halogens is 1. The van der Waals surface area contributed by atoms with Gasteiger partial charge >= 0.3 is 0 Å². The number of amides is 2. The van der Waals surface area contributed by atoms with Gasteiger partial charge in [-0.1, -0.05) is 35.5 Å². The van der Waals surface area contributed by atoms with E-state index in [4.69, 9.17) is 25.5 Å². The van der Waals surface area contributed by atoms with Crippen LogP contribution in [0.2, 0.25) is 5.02 Å². The number of aromatic nitrogens is 1. The lowest BCUT2D eigenvalue weighted by atomic mass is 10.2. The lowest BCUT2D eigenvalue weighted by Gasteiger charge is -2.08. The largest absolute Gasteiger partial charge is 0.454 e. The van der Waals surface area contributed by atoms with E-state index in [2.05, 4.69) is 15.8 Å². The second-order valence-corrected chi connectivity index (χ2v) is 6.76. The van der Waals surface area contributed by atoms with Gasteiger partial charge in [0, 0.05) is 5.56 Å². The summed E-state index contributed by atoms with van der Waals surface area (Å²) in [6, 6.07) is 10.2. The van der Waals surface area contributed by atoms with Crippen LogP contribution in [-0.4, -0.2) is 29.3 Å². The van der Waals surface area contributed by atoms with Gasteiger partial charge in [-0.15, -0.1) is 0 Å². The highest BCUT2D eigenvalue weighted by Crippen LogP contribution is 2.39. The number of ether oxygens (including phenoxy) is 2. The number of benzene rings is 2. The first kappa shape index (κ1) is 17.5. The smallest absolute Gasteiger partial charge is 0.269 e. The fraction of sp³-hybridized carbons (Fsp3) is 0.118. The van der Waals surface area contributed by atoms with Crippen LogP contribution in [0, 0.1) is 0 Å². The Hall–Kier alpha value is -2.91. The van der Waals surface area contributed by atoms with Crippen LogP contribution in [0.15, 0.2) is 46.0 Å². The van der Waals surface area contributed by atoms with Gasteiger partial charge in [-0.2, -0.15) is 0 Å². The molecular formula is C17H12ClN3O5S. The fourth-order valence-corrected chi connectivity index (χ4v) is 3.28. The van der Waals surface area contributed by atoms with E-state index in [9.17, 15) is 9.59 Å². The summed E-state index contributed by atoms with van der Waals surface area (Å²) >= 11 is 7.16. The van der Waals surface area contributed by atoms with Crippen molar-refractivity contribution in [3.63, 3.8) is 0 Å². The molecule has 0 spiro atoms. The molecule has 4 rings (SSSR count). The lowest BCUT2D eigenvalue weighted by Crippen LogP contribution is -2.42. The average Bonchev–Trinajstić information content (AvgIpc) is 3.30. The van der Waals surface area contributed by atoms with Crippen LogP contribution in [0.25, 0.3) is 11.1 Å². The fourth-order valence-electron chi connectivity index (χ4n) is 2.37. The molecule has 0 aliphatic carbocycles. The zero-order valence-electron chi connectivity index (χ0n) is 13.7. The summed E-state index contributed by atoms with van der Waals surface area (Å²) in [6.45, 7) is 0.0455. The third kappa shape index (κ3) is 3.79. The minimum Gasteiger partial charge on any atom is -0.454 e. The van der Waals surface area contributed by atoms with Gasteiger partial charge in [0.2, 0.25) is 12.7 Å². The first-order chi connectivity index (χ1) is 13.1. The number of hydrogen-bond donors (Lipinski definition) is 2. The third-order valence-corrected chi connectivity index (χ3v) is 4.71. The Labute approximate surface area is 162 Å². The van der Waals surface area contributed by atoms with Gasteiger partial charge in [-0.3, -0.25) is 20.4 Å². The molecule has 10 heteroatoms. The summed E-state index contributed by atoms with van der Waals surface area (Å²) in [7, 11) is 0. The molecule has 1 aliphatic heterocycles. The van der Waals surface area contributed by atoms with Gasteiger partial charge in [0.25, 0.3) is 11.1 Å². The molecule has 2 amide bonds. The molecule has 3 aromatic rings. The number of oxazole rings is 1. The molecule has 2 heterocycles. The molecule has 0 radical (unpaired) electrons. The van der Waals surface area contributed by atoms with Crippen molar-refractivity contribution in [1.29, 1.82) is 0 Å². The number of thioether (sulfide) groups is 1. The van der Waals surface area contributed by atoms with Gasteiger partial charge in [-0.25, -0.2) is 4.98 Å². The molecule has 0 unspecified atom stereocenters. The number of rotatable bonds is 4. The predicted octanol–water partition coefficient (Wildman–Crippen LogP) is 2.76. The Morgan fingerprint density at radius 1 is 1.19 bits per heavy atom. The van der Waals surface area contributed by atoms with Gasteiger partial charge in [-0.05, 0) is 24.3 Å². The second-order valence-electron chi connectivity index (χ2n) is 5.43.